The molecule has 1 unspecified atom stereocenters. The average Bonchev–Trinajstić information content (AvgIpc) is 2.49. The molecule has 3 nitrogen and oxygen atoms in total. The lowest BCUT2D eigenvalue weighted by molar-refractivity contribution is -0.153. The lowest BCUT2D eigenvalue weighted by atomic mass is 9.75. The Morgan fingerprint density at radius 2 is 1.81 bits per heavy atom. The van der Waals surface area contributed by atoms with Crippen molar-refractivity contribution >= 4 is 5.97 Å². The van der Waals surface area contributed by atoms with Crippen molar-refractivity contribution in [3.63, 3.8) is 0 Å². The lowest BCUT2D eigenvalue weighted by Gasteiger charge is -2.43. The summed E-state index contributed by atoms with van der Waals surface area (Å²) >= 11 is 0. The van der Waals surface area contributed by atoms with Crippen molar-refractivity contribution in [2.45, 2.75) is 46.1 Å². The molecule has 0 bridgehead atoms. The molecule has 0 amide bonds. The van der Waals surface area contributed by atoms with Gasteiger partial charge in [-0.25, -0.2) is 0 Å². The summed E-state index contributed by atoms with van der Waals surface area (Å²) in [6, 6.07) is 11.0. The standard InChI is InChI=1S/C18H27NO2/c1-4-18(17(20)21)10-12-19(13-11-18)16(14(2)3)15-8-6-5-7-9-15/h5-9,14,16H,4,10-13H2,1-3H3,(H,20,21). The first-order valence-corrected chi connectivity index (χ1v) is 8.02. The van der Waals surface area contributed by atoms with Gasteiger partial charge in [-0.1, -0.05) is 51.1 Å². The smallest absolute Gasteiger partial charge is 0.309 e. The number of aliphatic carboxylic acids is 1. The largest absolute Gasteiger partial charge is 0.481 e. The van der Waals surface area contributed by atoms with Gasteiger partial charge in [0.25, 0.3) is 0 Å². The predicted octanol–water partition coefficient (Wildman–Crippen LogP) is 3.96. The fourth-order valence-electron chi connectivity index (χ4n) is 3.62. The molecule has 21 heavy (non-hydrogen) atoms. The summed E-state index contributed by atoms with van der Waals surface area (Å²) in [5.74, 6) is -0.100. The molecule has 1 aromatic carbocycles. The summed E-state index contributed by atoms with van der Waals surface area (Å²) in [7, 11) is 0. The van der Waals surface area contributed by atoms with Crippen LogP contribution in [0.5, 0.6) is 0 Å². The molecule has 116 valence electrons. The number of carboxylic acid groups (broad SMARTS) is 1. The number of hydrogen-bond acceptors (Lipinski definition) is 2. The second-order valence-corrected chi connectivity index (χ2v) is 6.57. The van der Waals surface area contributed by atoms with Crippen LogP contribution in [-0.2, 0) is 4.79 Å². The van der Waals surface area contributed by atoms with Gasteiger partial charge >= 0.3 is 5.97 Å². The van der Waals surface area contributed by atoms with Crippen molar-refractivity contribution in [3.05, 3.63) is 35.9 Å². The van der Waals surface area contributed by atoms with Crippen LogP contribution < -0.4 is 0 Å². The zero-order valence-electron chi connectivity index (χ0n) is 13.4. The molecule has 0 aliphatic carbocycles. The summed E-state index contributed by atoms with van der Waals surface area (Å²) in [6.07, 6.45) is 2.25. The zero-order chi connectivity index (χ0) is 15.5. The first kappa shape index (κ1) is 16.0. The Morgan fingerprint density at radius 3 is 2.24 bits per heavy atom. The van der Waals surface area contributed by atoms with Crippen molar-refractivity contribution in [2.75, 3.05) is 13.1 Å². The first-order chi connectivity index (χ1) is 10.00. The van der Waals surface area contributed by atoms with E-state index in [0.29, 0.717) is 12.0 Å². The molecule has 0 aromatic heterocycles. The van der Waals surface area contributed by atoms with Crippen molar-refractivity contribution < 1.29 is 9.90 Å². The number of likely N-dealkylation sites (tertiary alicyclic amines) is 1. The highest BCUT2D eigenvalue weighted by molar-refractivity contribution is 5.74. The van der Waals surface area contributed by atoms with Crippen LogP contribution in [0.2, 0.25) is 0 Å². The van der Waals surface area contributed by atoms with Crippen LogP contribution in [0.25, 0.3) is 0 Å². The summed E-state index contributed by atoms with van der Waals surface area (Å²) in [5.41, 5.74) is 0.834. The summed E-state index contributed by atoms with van der Waals surface area (Å²) < 4.78 is 0. The van der Waals surface area contributed by atoms with Gasteiger partial charge in [-0.05, 0) is 43.8 Å². The molecule has 3 heteroatoms. The van der Waals surface area contributed by atoms with E-state index < -0.39 is 11.4 Å². The highest BCUT2D eigenvalue weighted by Crippen LogP contribution is 2.39. The lowest BCUT2D eigenvalue weighted by Crippen LogP contribution is -2.46. The Labute approximate surface area is 128 Å². The molecule has 2 rings (SSSR count). The minimum absolute atomic E-state index is 0.384. The minimum atomic E-state index is -0.620. The van der Waals surface area contributed by atoms with Gasteiger partial charge in [0.05, 0.1) is 5.41 Å². The van der Waals surface area contributed by atoms with Crippen LogP contribution in [0.3, 0.4) is 0 Å². The van der Waals surface area contributed by atoms with E-state index in [9.17, 15) is 9.90 Å². The molecule has 1 N–H and O–H groups in total. The van der Waals surface area contributed by atoms with E-state index in [0.717, 1.165) is 32.4 Å². The predicted molar refractivity (Wildman–Crippen MR) is 85.2 cm³/mol. The number of rotatable bonds is 5. The topological polar surface area (TPSA) is 40.5 Å². The fraction of sp³-hybridized carbons (Fsp3) is 0.611. The van der Waals surface area contributed by atoms with Crippen LogP contribution in [0.4, 0.5) is 0 Å². The van der Waals surface area contributed by atoms with E-state index in [1.807, 2.05) is 13.0 Å². The van der Waals surface area contributed by atoms with E-state index in [1.54, 1.807) is 0 Å². The van der Waals surface area contributed by atoms with Crippen LogP contribution in [0, 0.1) is 11.3 Å². The molecule has 1 heterocycles. The zero-order valence-corrected chi connectivity index (χ0v) is 13.4. The van der Waals surface area contributed by atoms with Crippen molar-refractivity contribution in [3.8, 4) is 0 Å². The van der Waals surface area contributed by atoms with Gasteiger partial charge in [0, 0.05) is 6.04 Å². The highest BCUT2D eigenvalue weighted by Gasteiger charge is 2.41. The van der Waals surface area contributed by atoms with Gasteiger partial charge in [-0.3, -0.25) is 9.69 Å². The first-order valence-electron chi connectivity index (χ1n) is 8.02. The molecule has 1 aliphatic heterocycles. The van der Waals surface area contributed by atoms with Crippen LogP contribution in [-0.4, -0.2) is 29.1 Å². The van der Waals surface area contributed by atoms with E-state index in [-0.39, 0.29) is 0 Å². The van der Waals surface area contributed by atoms with Gasteiger partial charge in [0.1, 0.15) is 0 Å². The number of nitrogens with zero attached hydrogens (tertiary/aromatic N) is 1. The Hall–Kier alpha value is -1.35. The van der Waals surface area contributed by atoms with Crippen molar-refractivity contribution in [1.82, 2.24) is 4.90 Å². The Morgan fingerprint density at radius 1 is 1.24 bits per heavy atom. The molecule has 1 fully saturated rings. The number of carbonyl (C=O) groups is 1. The number of benzene rings is 1. The van der Waals surface area contributed by atoms with E-state index >= 15 is 0 Å². The average molecular weight is 289 g/mol. The molecule has 1 aliphatic rings. The van der Waals surface area contributed by atoms with Gasteiger partial charge < -0.3 is 5.11 Å². The molecule has 0 saturated carbocycles. The SMILES string of the molecule is CCC1(C(=O)O)CCN(C(c2ccccc2)C(C)C)CC1. The Bertz CT molecular complexity index is 461. The van der Waals surface area contributed by atoms with Crippen LogP contribution in [0.15, 0.2) is 30.3 Å². The molecule has 1 aromatic rings. The Kier molecular flexibility index (Phi) is 5.04. The second kappa shape index (κ2) is 6.61. The summed E-state index contributed by atoms with van der Waals surface area (Å²) in [4.78, 5) is 14.0. The molecule has 1 saturated heterocycles. The van der Waals surface area contributed by atoms with Gasteiger partial charge in [-0.15, -0.1) is 0 Å². The molecule has 0 spiro atoms. The van der Waals surface area contributed by atoms with Crippen LogP contribution >= 0.6 is 0 Å². The minimum Gasteiger partial charge on any atom is -0.481 e. The Balaban J connectivity index is 2.14. The monoisotopic (exact) mass is 289 g/mol. The summed E-state index contributed by atoms with van der Waals surface area (Å²) in [5, 5.41) is 9.52. The number of hydrogen-bond donors (Lipinski definition) is 1. The third kappa shape index (κ3) is 3.29. The van der Waals surface area contributed by atoms with Crippen molar-refractivity contribution in [2.24, 2.45) is 11.3 Å². The third-order valence-corrected chi connectivity index (χ3v) is 5.05. The number of carboxylic acids is 1. The van der Waals surface area contributed by atoms with Gasteiger partial charge in [0.2, 0.25) is 0 Å². The van der Waals surface area contributed by atoms with E-state index in [2.05, 4.69) is 43.0 Å². The molecular formula is C18H27NO2. The maximum atomic E-state index is 11.6. The van der Waals surface area contributed by atoms with E-state index in [4.69, 9.17) is 0 Å². The number of piperidine rings is 1. The summed E-state index contributed by atoms with van der Waals surface area (Å²) in [6.45, 7) is 8.24. The molecule has 0 radical (unpaired) electrons. The normalized spacial score (nSPS) is 20.4. The quantitative estimate of drug-likeness (QED) is 0.892. The van der Waals surface area contributed by atoms with E-state index in [1.165, 1.54) is 5.56 Å². The maximum Gasteiger partial charge on any atom is 0.309 e. The van der Waals surface area contributed by atoms with Crippen LogP contribution in [0.1, 0.15) is 51.6 Å². The van der Waals surface area contributed by atoms with Gasteiger partial charge in [-0.2, -0.15) is 0 Å². The maximum absolute atomic E-state index is 11.6. The molecular weight excluding hydrogens is 262 g/mol. The third-order valence-electron chi connectivity index (χ3n) is 5.05. The van der Waals surface area contributed by atoms with Crippen molar-refractivity contribution in [1.29, 1.82) is 0 Å². The highest BCUT2D eigenvalue weighted by atomic mass is 16.4. The fourth-order valence-corrected chi connectivity index (χ4v) is 3.62. The van der Waals surface area contributed by atoms with Gasteiger partial charge in [0.15, 0.2) is 0 Å². The molecule has 1 atom stereocenters. The second-order valence-electron chi connectivity index (χ2n) is 6.57.